The van der Waals surface area contributed by atoms with Crippen LogP contribution in [-0.2, 0) is 0 Å². The first-order chi connectivity index (χ1) is 5.25. The first-order valence-corrected chi connectivity index (χ1v) is 5.44. The average molecular weight is 198 g/mol. The Kier molecular flexibility index (Phi) is 3.91. The van der Waals surface area contributed by atoms with Crippen LogP contribution in [0.15, 0.2) is 4.99 Å². The number of nitrogens with zero attached hydrogens (tertiary/aromatic N) is 1. The van der Waals surface area contributed by atoms with Gasteiger partial charge < -0.3 is 0 Å². The van der Waals surface area contributed by atoms with E-state index in [0.29, 0.717) is 0 Å². The van der Waals surface area contributed by atoms with Crippen molar-refractivity contribution in [1.29, 1.82) is 0 Å². The van der Waals surface area contributed by atoms with Crippen LogP contribution in [0.5, 0.6) is 0 Å². The molecule has 0 rings (SSSR count). The van der Waals surface area contributed by atoms with E-state index in [-0.39, 0.29) is 5.78 Å². The van der Waals surface area contributed by atoms with Crippen LogP contribution in [0.2, 0.25) is 0 Å². The monoisotopic (exact) mass is 198 g/mol. The van der Waals surface area contributed by atoms with Gasteiger partial charge in [-0.1, -0.05) is 0 Å². The minimum absolute atomic E-state index is 0.318. The second kappa shape index (κ2) is 4.04. The lowest BCUT2D eigenvalue weighted by atomic mass is 10.4. The van der Waals surface area contributed by atoms with E-state index in [0.717, 1.165) is 6.92 Å². The molecule has 2 atom stereocenters. The summed E-state index contributed by atoms with van der Waals surface area (Å²) in [4.78, 5) is 3.51. The molecule has 0 N–H and O–H groups in total. The first-order valence-electron chi connectivity index (χ1n) is 3.40. The summed E-state index contributed by atoms with van der Waals surface area (Å²) in [6, 6.07) is 0. The van der Waals surface area contributed by atoms with Gasteiger partial charge in [0.05, 0.1) is 13.0 Å². The van der Waals surface area contributed by atoms with E-state index in [2.05, 4.69) is 11.3 Å². The van der Waals surface area contributed by atoms with Crippen molar-refractivity contribution in [2.75, 3.05) is 6.66 Å². The van der Waals surface area contributed by atoms with Gasteiger partial charge in [0.15, 0.2) is 0 Å². The smallest absolute Gasteiger partial charge is 0.237 e. The van der Waals surface area contributed by atoms with Crippen molar-refractivity contribution in [3.8, 4) is 0 Å². The summed E-state index contributed by atoms with van der Waals surface area (Å²) in [5.41, 5.74) is -0.770. The summed E-state index contributed by atoms with van der Waals surface area (Å²) in [6.07, 6.45) is -0.628. The highest BCUT2D eigenvalue weighted by Gasteiger charge is 2.32. The van der Waals surface area contributed by atoms with Gasteiger partial charge in [0.25, 0.3) is 0 Å². The fourth-order valence-electron chi connectivity index (χ4n) is 0.452. The summed E-state index contributed by atoms with van der Waals surface area (Å²) >= 11 is 0. The molecule has 0 aromatic carbocycles. The molecule has 0 bridgehead atoms. The molecule has 0 aromatic heterocycles. The van der Waals surface area contributed by atoms with Crippen LogP contribution in [0.3, 0.4) is 0 Å². The molecule has 0 heterocycles. The molecule has 0 fully saturated rings. The Morgan fingerprint density at radius 1 is 1.50 bits per heavy atom. The van der Waals surface area contributed by atoms with Gasteiger partial charge in [-0.15, -0.1) is 0 Å². The maximum atomic E-state index is 11.9. The lowest BCUT2D eigenvalue weighted by Gasteiger charge is -2.05. The van der Waals surface area contributed by atoms with Crippen LogP contribution >= 0.6 is 7.55 Å². The summed E-state index contributed by atoms with van der Waals surface area (Å²) in [5, 5.41) is 0. The van der Waals surface area contributed by atoms with Gasteiger partial charge in [-0.2, -0.15) is 13.2 Å². The molecule has 2 unspecified atom stereocenters. The van der Waals surface area contributed by atoms with Gasteiger partial charge in [0, 0.05) is 0 Å². The van der Waals surface area contributed by atoms with E-state index in [1.807, 2.05) is 0 Å². The van der Waals surface area contributed by atoms with Gasteiger partial charge in [-0.05, 0) is 13.8 Å². The summed E-state index contributed by atoms with van der Waals surface area (Å²) in [7, 11) is -0.679. The molecule has 5 heteroatoms. The number of hydrogen-bond acceptors (Lipinski definition) is 1. The number of aliphatic imine (C=N–C) groups is 1. The predicted molar refractivity (Wildman–Crippen MR) is 48.6 cm³/mol. The van der Waals surface area contributed by atoms with Crippen LogP contribution in [0.4, 0.5) is 13.2 Å². The van der Waals surface area contributed by atoms with Crippen LogP contribution in [0, 0.1) is 0 Å². The molecule has 0 saturated heterocycles. The minimum Gasteiger partial charge on any atom is -0.237 e. The number of halogens is 3. The van der Waals surface area contributed by atoms with E-state index in [1.54, 1.807) is 13.6 Å². The lowest BCUT2D eigenvalue weighted by Crippen LogP contribution is -2.20. The molecule has 1 nitrogen and oxygen atoms in total. The maximum Gasteiger partial charge on any atom is 0.428 e. The van der Waals surface area contributed by atoms with Crippen molar-refractivity contribution < 1.29 is 13.2 Å². The van der Waals surface area contributed by atoms with Gasteiger partial charge in [0.2, 0.25) is 5.78 Å². The van der Waals surface area contributed by atoms with Crippen LogP contribution < -0.4 is 0 Å². The zero-order chi connectivity index (χ0) is 9.94. The fraction of sp³-hybridized carbons (Fsp3) is 0.714. The van der Waals surface area contributed by atoms with Gasteiger partial charge in [-0.25, -0.2) is 4.99 Å². The Morgan fingerprint density at radius 3 is 2.17 bits per heavy atom. The highest BCUT2D eigenvalue weighted by Crippen LogP contribution is 2.25. The Bertz CT molecular complexity index is 207. The third-order valence-electron chi connectivity index (χ3n) is 1.43. The average Bonchev–Trinajstić information content (AvgIpc) is 1.85. The zero-order valence-corrected chi connectivity index (χ0v) is 8.21. The van der Waals surface area contributed by atoms with E-state index < -0.39 is 19.4 Å². The molecule has 0 aromatic rings. The van der Waals surface area contributed by atoms with Crippen molar-refractivity contribution in [3.63, 3.8) is 0 Å². The number of rotatable bonds is 2. The Labute approximate surface area is 71.1 Å². The summed E-state index contributed by atoms with van der Waals surface area (Å²) < 4.78 is 35.8. The van der Waals surface area contributed by atoms with Crippen molar-refractivity contribution in [3.05, 3.63) is 0 Å². The van der Waals surface area contributed by atoms with E-state index in [4.69, 9.17) is 0 Å². The third-order valence-corrected chi connectivity index (χ3v) is 2.82. The zero-order valence-electron chi connectivity index (χ0n) is 7.31. The minimum atomic E-state index is -4.29. The molecule has 70 valence electrons. The highest BCUT2D eigenvalue weighted by molar-refractivity contribution is 7.55. The largest absolute Gasteiger partial charge is 0.428 e. The Balaban J connectivity index is 4.47. The second-order valence-electron chi connectivity index (χ2n) is 2.60. The maximum absolute atomic E-state index is 11.9. The Hall–Kier alpha value is -0.370. The van der Waals surface area contributed by atoms with Crippen molar-refractivity contribution >= 4 is 19.6 Å². The molecule has 0 aliphatic carbocycles. The van der Waals surface area contributed by atoms with Crippen molar-refractivity contribution in [2.45, 2.75) is 25.8 Å². The van der Waals surface area contributed by atoms with Crippen LogP contribution in [0.1, 0.15) is 13.8 Å². The van der Waals surface area contributed by atoms with Gasteiger partial charge in [-0.3, -0.25) is 0 Å². The van der Waals surface area contributed by atoms with Gasteiger partial charge >= 0.3 is 6.18 Å². The molecule has 0 spiro atoms. The molecular formula is C7H12F3NP+. The second-order valence-corrected chi connectivity index (χ2v) is 4.86. The quantitative estimate of drug-likeness (QED) is 0.478. The normalized spacial score (nSPS) is 17.5. The highest BCUT2D eigenvalue weighted by atomic mass is 31.1. The molecule has 0 saturated carbocycles. The van der Waals surface area contributed by atoms with E-state index >= 15 is 0 Å². The SMILES string of the molecule is C=[P+](C)C(C)N=C(C)C(F)(F)F. The van der Waals surface area contributed by atoms with E-state index in [1.165, 1.54) is 0 Å². The summed E-state index contributed by atoms with van der Waals surface area (Å²) in [6.45, 7) is 4.43. The van der Waals surface area contributed by atoms with Crippen molar-refractivity contribution in [1.82, 2.24) is 0 Å². The number of alkyl halides is 3. The molecular weight excluding hydrogens is 186 g/mol. The van der Waals surface area contributed by atoms with Crippen LogP contribution in [-0.4, -0.2) is 30.6 Å². The molecule has 0 amide bonds. The molecule has 0 aliphatic rings. The lowest BCUT2D eigenvalue weighted by molar-refractivity contribution is -0.0594. The van der Waals surface area contributed by atoms with Crippen molar-refractivity contribution in [2.24, 2.45) is 4.99 Å². The fourth-order valence-corrected chi connectivity index (χ4v) is 0.822. The number of hydrogen-bond donors (Lipinski definition) is 0. The molecule has 0 aliphatic heterocycles. The summed E-state index contributed by atoms with van der Waals surface area (Å²) in [5.74, 6) is -0.318. The predicted octanol–water partition coefficient (Wildman–Crippen LogP) is 2.90. The molecule has 12 heavy (non-hydrogen) atoms. The third kappa shape index (κ3) is 3.86. The topological polar surface area (TPSA) is 12.4 Å². The van der Waals surface area contributed by atoms with Gasteiger partial charge in [0.1, 0.15) is 13.3 Å². The Morgan fingerprint density at radius 2 is 1.92 bits per heavy atom. The van der Waals surface area contributed by atoms with Crippen LogP contribution in [0.25, 0.3) is 0 Å². The first kappa shape index (κ1) is 11.6. The standard InChI is InChI=1S/C7H12F3NP/c1-5(7(8,9)10)11-6(2)12(3)4/h6H,3H2,1-2,4H3/q+1. The van der Waals surface area contributed by atoms with E-state index in [9.17, 15) is 13.2 Å². The molecule has 0 radical (unpaired) electrons.